The number of piperidine rings is 1. The minimum absolute atomic E-state index is 0.128. The maximum atomic E-state index is 14.7. The lowest BCUT2D eigenvalue weighted by Gasteiger charge is -2.40. The van der Waals surface area contributed by atoms with Crippen LogP contribution >= 0.6 is 0 Å². The van der Waals surface area contributed by atoms with E-state index in [9.17, 15) is 22.4 Å². The Kier molecular flexibility index (Phi) is 6.05. The van der Waals surface area contributed by atoms with Crippen molar-refractivity contribution in [3.05, 3.63) is 59.4 Å². The average Bonchev–Trinajstić information content (AvgIpc) is 3.20. The summed E-state index contributed by atoms with van der Waals surface area (Å²) in [4.78, 5) is 22.3. The molecule has 0 radical (unpaired) electrons. The van der Waals surface area contributed by atoms with Gasteiger partial charge in [0.25, 0.3) is 5.91 Å². The van der Waals surface area contributed by atoms with Gasteiger partial charge in [0.15, 0.2) is 5.69 Å². The molecule has 174 valence electrons. The monoisotopic (exact) mass is 462 g/mol. The van der Waals surface area contributed by atoms with Crippen molar-refractivity contribution in [3.63, 3.8) is 0 Å². The molecule has 11 heteroatoms. The molecule has 3 heterocycles. The van der Waals surface area contributed by atoms with Crippen LogP contribution in [0.3, 0.4) is 0 Å². The van der Waals surface area contributed by atoms with E-state index in [4.69, 9.17) is 0 Å². The molecule has 3 aromatic rings. The van der Waals surface area contributed by atoms with E-state index in [-0.39, 0.29) is 34.9 Å². The van der Waals surface area contributed by atoms with Crippen LogP contribution in [0.15, 0.2) is 36.7 Å². The highest BCUT2D eigenvalue weighted by Gasteiger charge is 2.35. The number of alkyl halides is 3. The predicted molar refractivity (Wildman–Crippen MR) is 113 cm³/mol. The molecular weight excluding hydrogens is 440 g/mol. The Labute approximate surface area is 187 Å². The third kappa shape index (κ3) is 4.67. The molecule has 0 aliphatic carbocycles. The van der Waals surface area contributed by atoms with Crippen LogP contribution in [0.4, 0.5) is 23.4 Å². The Bertz CT molecular complexity index is 1140. The molecule has 2 N–H and O–H groups in total. The van der Waals surface area contributed by atoms with Crippen molar-refractivity contribution in [3.8, 4) is 11.3 Å². The molecule has 1 fully saturated rings. The first-order valence-electron chi connectivity index (χ1n) is 10.4. The molecule has 1 aromatic carbocycles. The largest absolute Gasteiger partial charge is 0.434 e. The highest BCUT2D eigenvalue weighted by molar-refractivity contribution is 6.01. The summed E-state index contributed by atoms with van der Waals surface area (Å²) in [6.07, 6.45) is -1.52. The fourth-order valence-electron chi connectivity index (χ4n) is 4.03. The summed E-state index contributed by atoms with van der Waals surface area (Å²) in [7, 11) is 0. The first-order chi connectivity index (χ1) is 15.6. The summed E-state index contributed by atoms with van der Waals surface area (Å²) in [5, 5.41) is 9.95. The number of hydrogen-bond acceptors (Lipinski definition) is 5. The van der Waals surface area contributed by atoms with Gasteiger partial charge in [0.05, 0.1) is 29.2 Å². The van der Waals surface area contributed by atoms with Gasteiger partial charge in [0, 0.05) is 24.3 Å². The molecule has 33 heavy (non-hydrogen) atoms. The van der Waals surface area contributed by atoms with Crippen molar-refractivity contribution in [2.24, 2.45) is 0 Å². The molecule has 0 bridgehead atoms. The average molecular weight is 462 g/mol. The smallest absolute Gasteiger partial charge is 0.364 e. The van der Waals surface area contributed by atoms with Gasteiger partial charge in [-0.05, 0) is 44.9 Å². The number of aryl methyl sites for hydroxylation is 1. The summed E-state index contributed by atoms with van der Waals surface area (Å²) >= 11 is 0. The van der Waals surface area contributed by atoms with Gasteiger partial charge in [-0.2, -0.15) is 18.3 Å². The number of aromatic amines is 1. The van der Waals surface area contributed by atoms with E-state index in [0.29, 0.717) is 31.3 Å². The molecule has 0 saturated carbocycles. The number of anilines is 1. The molecule has 7 nitrogen and oxygen atoms in total. The zero-order chi connectivity index (χ0) is 23.8. The summed E-state index contributed by atoms with van der Waals surface area (Å²) in [6, 6.07) is 5.40. The fourth-order valence-corrected chi connectivity index (χ4v) is 4.03. The van der Waals surface area contributed by atoms with E-state index in [1.54, 1.807) is 24.0 Å². The Balaban J connectivity index is 1.56. The molecule has 4 rings (SSSR count). The van der Waals surface area contributed by atoms with E-state index in [2.05, 4.69) is 25.5 Å². The zero-order valence-electron chi connectivity index (χ0n) is 17.9. The summed E-state index contributed by atoms with van der Waals surface area (Å²) in [6.45, 7) is 4.09. The molecule has 0 spiro atoms. The molecule has 1 aliphatic rings. The maximum absolute atomic E-state index is 14.7. The van der Waals surface area contributed by atoms with Crippen LogP contribution < -0.4 is 5.32 Å². The van der Waals surface area contributed by atoms with Crippen molar-refractivity contribution < 1.29 is 22.4 Å². The number of nitrogens with zero attached hydrogens (tertiary/aromatic N) is 4. The van der Waals surface area contributed by atoms with Crippen molar-refractivity contribution >= 4 is 11.7 Å². The molecule has 1 saturated heterocycles. The van der Waals surface area contributed by atoms with E-state index >= 15 is 0 Å². The second-order valence-electron chi connectivity index (χ2n) is 8.02. The van der Waals surface area contributed by atoms with Crippen LogP contribution in [-0.2, 0) is 6.18 Å². The first-order valence-corrected chi connectivity index (χ1v) is 10.4. The highest BCUT2D eigenvalue weighted by atomic mass is 19.4. The second kappa shape index (κ2) is 8.80. The van der Waals surface area contributed by atoms with Gasteiger partial charge in [0.1, 0.15) is 11.6 Å². The van der Waals surface area contributed by atoms with E-state index in [1.807, 2.05) is 6.92 Å². The number of carbonyl (C=O) groups is 1. The number of likely N-dealkylation sites (tertiary alicyclic amines) is 1. The van der Waals surface area contributed by atoms with Crippen LogP contribution in [0.1, 0.15) is 41.5 Å². The minimum atomic E-state index is -4.57. The van der Waals surface area contributed by atoms with Gasteiger partial charge in [-0.25, -0.2) is 14.4 Å². The van der Waals surface area contributed by atoms with Gasteiger partial charge in [-0.15, -0.1) is 0 Å². The number of benzene rings is 1. The van der Waals surface area contributed by atoms with Gasteiger partial charge in [-0.3, -0.25) is 9.89 Å². The van der Waals surface area contributed by atoms with Crippen LogP contribution in [-0.4, -0.2) is 49.6 Å². The van der Waals surface area contributed by atoms with Crippen molar-refractivity contribution in [1.82, 2.24) is 25.1 Å². The van der Waals surface area contributed by atoms with Gasteiger partial charge >= 0.3 is 6.18 Å². The number of H-pyrrole nitrogens is 1. The Morgan fingerprint density at radius 2 is 2.03 bits per heavy atom. The van der Waals surface area contributed by atoms with Crippen molar-refractivity contribution in [2.75, 3.05) is 11.9 Å². The second-order valence-corrected chi connectivity index (χ2v) is 8.02. The predicted octanol–water partition coefficient (Wildman–Crippen LogP) is 4.44. The normalized spacial score (nSPS) is 18.9. The number of amides is 1. The topological polar surface area (TPSA) is 86.8 Å². The van der Waals surface area contributed by atoms with Crippen LogP contribution in [0.2, 0.25) is 0 Å². The quantitative estimate of drug-likeness (QED) is 0.560. The van der Waals surface area contributed by atoms with Crippen LogP contribution in [0.25, 0.3) is 11.3 Å². The van der Waals surface area contributed by atoms with E-state index < -0.39 is 17.7 Å². The third-order valence-electron chi connectivity index (χ3n) is 5.73. The van der Waals surface area contributed by atoms with Gasteiger partial charge in [0.2, 0.25) is 0 Å². The number of nitrogens with one attached hydrogen (secondary N) is 2. The Hall–Kier alpha value is -3.50. The minimum Gasteiger partial charge on any atom is -0.364 e. The molecule has 0 unspecified atom stereocenters. The van der Waals surface area contributed by atoms with Gasteiger partial charge in [-0.1, -0.05) is 6.07 Å². The van der Waals surface area contributed by atoms with E-state index in [1.165, 1.54) is 12.1 Å². The molecule has 2 atom stereocenters. The SMILES string of the molecule is Cc1cc(-c2c(F)cccc2C(=O)N2CCC[C@@H](Nc3cnc(C(F)(F)F)cn3)[C@@H]2C)n[nH]1. The summed E-state index contributed by atoms with van der Waals surface area (Å²) < 4.78 is 52.9. The molecule has 2 aromatic heterocycles. The van der Waals surface area contributed by atoms with Gasteiger partial charge < -0.3 is 10.2 Å². The van der Waals surface area contributed by atoms with Crippen LogP contribution in [0, 0.1) is 12.7 Å². The highest BCUT2D eigenvalue weighted by Crippen LogP contribution is 2.30. The van der Waals surface area contributed by atoms with Crippen molar-refractivity contribution in [2.45, 2.75) is 44.9 Å². The Morgan fingerprint density at radius 3 is 2.67 bits per heavy atom. The number of halogens is 4. The number of rotatable bonds is 4. The number of hydrogen-bond donors (Lipinski definition) is 2. The van der Waals surface area contributed by atoms with Crippen molar-refractivity contribution in [1.29, 1.82) is 0 Å². The summed E-state index contributed by atoms with van der Waals surface area (Å²) in [5.74, 6) is -0.707. The lowest BCUT2D eigenvalue weighted by atomic mass is 9.95. The molecule has 1 amide bonds. The third-order valence-corrected chi connectivity index (χ3v) is 5.73. The number of carbonyl (C=O) groups excluding carboxylic acids is 1. The molecule has 1 aliphatic heterocycles. The summed E-state index contributed by atoms with van der Waals surface area (Å²) in [5.41, 5.74) is 0.327. The fraction of sp³-hybridized carbons (Fsp3) is 0.364. The van der Waals surface area contributed by atoms with Crippen LogP contribution in [0.5, 0.6) is 0 Å². The van der Waals surface area contributed by atoms with E-state index in [0.717, 1.165) is 11.9 Å². The lowest BCUT2D eigenvalue weighted by molar-refractivity contribution is -0.141. The lowest BCUT2D eigenvalue weighted by Crippen LogP contribution is -2.52. The number of aromatic nitrogens is 4. The maximum Gasteiger partial charge on any atom is 0.434 e. The Morgan fingerprint density at radius 1 is 1.24 bits per heavy atom. The molecular formula is C22H22F4N6O. The first kappa shape index (κ1) is 22.7. The zero-order valence-corrected chi connectivity index (χ0v) is 17.9. The standard InChI is InChI=1S/C22H22F4N6O/c1-12-9-17(31-30-12)20-14(5-3-6-15(20)23)21(33)32-8-4-7-16(13(32)2)29-19-11-27-18(10-28-19)22(24,25)26/h3,5-6,9-11,13,16H,4,7-8H2,1-2H3,(H,28,29)(H,30,31)/t13-,16+/m0/s1.